The van der Waals surface area contributed by atoms with Gasteiger partial charge >= 0.3 is 35.8 Å². The highest BCUT2D eigenvalue weighted by atomic mass is 19.4. The number of hydrogen-bond donors (Lipinski definition) is 1. The fraction of sp³-hybridized carbons (Fsp3) is 0.917. The number of hydrogen-bond acceptors (Lipinski definition) is 2. The minimum atomic E-state index is -6.73. The Hall–Kier alpha value is -1.34. The van der Waals surface area contributed by atoms with Crippen molar-refractivity contribution in [3.05, 3.63) is 0 Å². The summed E-state index contributed by atoms with van der Waals surface area (Å²) < 4.78 is 149. The van der Waals surface area contributed by atoms with Gasteiger partial charge in [0.25, 0.3) is 0 Å². The van der Waals surface area contributed by atoms with Gasteiger partial charge in [-0.2, -0.15) is 35.1 Å². The molecule has 0 aromatic carbocycles. The Balaban J connectivity index is 6.48. The van der Waals surface area contributed by atoms with Crippen molar-refractivity contribution >= 4 is 5.97 Å². The zero-order valence-electron chi connectivity index (χ0n) is 13.4. The maximum Gasteiger partial charge on any atom is 0.436 e. The molecule has 2 atom stereocenters. The van der Waals surface area contributed by atoms with Gasteiger partial charge in [-0.15, -0.1) is 0 Å². The normalized spacial score (nSPS) is 19.7. The lowest BCUT2D eigenvalue weighted by Gasteiger charge is -2.45. The van der Waals surface area contributed by atoms with Gasteiger partial charge in [0.1, 0.15) is 5.60 Å². The molecule has 0 aromatic rings. The number of carboxylic acids is 1. The van der Waals surface area contributed by atoms with Crippen molar-refractivity contribution in [3.63, 3.8) is 0 Å². The zero-order chi connectivity index (χ0) is 21.8. The van der Waals surface area contributed by atoms with Crippen molar-refractivity contribution in [2.24, 2.45) is 0 Å². The fourth-order valence-corrected chi connectivity index (χ4v) is 2.03. The van der Waals surface area contributed by atoms with E-state index in [4.69, 9.17) is 5.11 Å². The van der Waals surface area contributed by atoms with Crippen molar-refractivity contribution in [1.82, 2.24) is 0 Å². The SMILES string of the molecule is CC(C)(F)C(F)(C(F)(F)F)C(F)(F)OC(C)(C)C(F)(C(=O)O)C(F)(F)F. The van der Waals surface area contributed by atoms with E-state index in [1.54, 1.807) is 0 Å². The van der Waals surface area contributed by atoms with Crippen LogP contribution in [-0.4, -0.2) is 52.1 Å². The summed E-state index contributed by atoms with van der Waals surface area (Å²) in [6, 6.07) is 0. The predicted octanol–water partition coefficient (Wildman–Crippen LogP) is 4.75. The Morgan fingerprint density at radius 1 is 0.731 bits per heavy atom. The van der Waals surface area contributed by atoms with Crippen LogP contribution in [0.1, 0.15) is 27.7 Å². The van der Waals surface area contributed by atoms with Crippen LogP contribution in [0.5, 0.6) is 0 Å². The minimum Gasteiger partial charge on any atom is -0.479 e. The van der Waals surface area contributed by atoms with Crippen molar-refractivity contribution < 1.29 is 62.9 Å². The highest BCUT2D eigenvalue weighted by Crippen LogP contribution is 2.56. The van der Waals surface area contributed by atoms with Crippen molar-refractivity contribution in [3.8, 4) is 0 Å². The molecule has 1 N–H and O–H groups in total. The Morgan fingerprint density at radius 2 is 1.08 bits per heavy atom. The van der Waals surface area contributed by atoms with Crippen LogP contribution in [0, 0.1) is 0 Å². The first kappa shape index (κ1) is 24.7. The third-order valence-corrected chi connectivity index (χ3v) is 3.51. The van der Waals surface area contributed by atoms with Crippen LogP contribution in [0.3, 0.4) is 0 Å². The molecule has 14 heteroatoms. The Kier molecular flexibility index (Phi) is 5.78. The number of carboxylic acid groups (broad SMARTS) is 1. The first-order valence-electron chi connectivity index (χ1n) is 6.41. The standard InChI is InChI=1S/C12H13F11O3/c1-6(2,13)9(15,11(19,20)21)12(22,23)26-7(3,4)8(14,5(24)25)10(16,17)18/h1-4H3,(H,24,25). The Labute approximate surface area is 139 Å². The highest BCUT2D eigenvalue weighted by molar-refractivity contribution is 5.80. The first-order valence-corrected chi connectivity index (χ1v) is 6.41. The number of rotatable bonds is 6. The van der Waals surface area contributed by atoms with Crippen LogP contribution < -0.4 is 0 Å². The lowest BCUT2D eigenvalue weighted by molar-refractivity contribution is -0.439. The molecule has 0 fully saturated rings. The summed E-state index contributed by atoms with van der Waals surface area (Å²) in [5, 5.41) is 8.41. The molecule has 156 valence electrons. The molecule has 0 aromatic heterocycles. The van der Waals surface area contributed by atoms with Crippen molar-refractivity contribution in [2.75, 3.05) is 0 Å². The van der Waals surface area contributed by atoms with Crippen molar-refractivity contribution in [1.29, 1.82) is 0 Å². The predicted molar refractivity (Wildman–Crippen MR) is 62.7 cm³/mol. The average Bonchev–Trinajstić information content (AvgIpc) is 2.30. The molecule has 0 aliphatic carbocycles. The molecule has 0 saturated carbocycles. The Morgan fingerprint density at radius 3 is 1.27 bits per heavy atom. The number of carbonyl (C=O) groups is 1. The molecule has 26 heavy (non-hydrogen) atoms. The lowest BCUT2D eigenvalue weighted by Crippen LogP contribution is -2.71. The van der Waals surface area contributed by atoms with Gasteiger partial charge < -0.3 is 9.84 Å². The molecule has 0 aliphatic heterocycles. The number of alkyl halides is 11. The molecule has 0 saturated heterocycles. The van der Waals surface area contributed by atoms with Crippen LogP contribution in [0.2, 0.25) is 0 Å². The van der Waals surface area contributed by atoms with Gasteiger partial charge in [0.15, 0.2) is 5.67 Å². The maximum atomic E-state index is 14.1. The zero-order valence-corrected chi connectivity index (χ0v) is 13.4. The number of ether oxygens (including phenoxy) is 1. The van der Waals surface area contributed by atoms with Crippen LogP contribution in [0.25, 0.3) is 0 Å². The summed E-state index contributed by atoms with van der Waals surface area (Å²) in [6.45, 7) is -1.22. The molecule has 0 spiro atoms. The third kappa shape index (κ3) is 3.43. The highest BCUT2D eigenvalue weighted by Gasteiger charge is 2.82. The van der Waals surface area contributed by atoms with E-state index < -0.39 is 47.0 Å². The van der Waals surface area contributed by atoms with E-state index in [-0.39, 0.29) is 27.7 Å². The molecular weight excluding hydrogens is 401 g/mol. The van der Waals surface area contributed by atoms with Gasteiger partial charge in [0.05, 0.1) is 0 Å². The van der Waals surface area contributed by atoms with E-state index in [1.165, 1.54) is 0 Å². The summed E-state index contributed by atoms with van der Waals surface area (Å²) in [4.78, 5) is 10.6. The monoisotopic (exact) mass is 414 g/mol. The summed E-state index contributed by atoms with van der Waals surface area (Å²) in [6.07, 6.45) is -19.6. The smallest absolute Gasteiger partial charge is 0.436 e. The Bertz CT molecular complexity index is 530. The van der Waals surface area contributed by atoms with E-state index in [0.717, 1.165) is 0 Å². The largest absolute Gasteiger partial charge is 0.479 e. The summed E-state index contributed by atoms with van der Waals surface area (Å²) in [5.41, 5.74) is -20.7. The second kappa shape index (κ2) is 6.09. The van der Waals surface area contributed by atoms with Gasteiger partial charge in [-0.1, -0.05) is 0 Å². The van der Waals surface area contributed by atoms with Gasteiger partial charge in [0, 0.05) is 0 Å². The van der Waals surface area contributed by atoms with Gasteiger partial charge in [-0.3, -0.25) is 0 Å². The third-order valence-electron chi connectivity index (χ3n) is 3.51. The van der Waals surface area contributed by atoms with Gasteiger partial charge in [0.2, 0.25) is 0 Å². The molecular formula is C12H13F11O3. The van der Waals surface area contributed by atoms with E-state index in [1.807, 2.05) is 0 Å². The lowest BCUT2D eigenvalue weighted by atomic mass is 9.84. The van der Waals surface area contributed by atoms with E-state index >= 15 is 0 Å². The summed E-state index contributed by atoms with van der Waals surface area (Å²) in [7, 11) is 0. The summed E-state index contributed by atoms with van der Waals surface area (Å²) >= 11 is 0. The topological polar surface area (TPSA) is 46.5 Å². The molecule has 3 nitrogen and oxygen atoms in total. The van der Waals surface area contributed by atoms with Gasteiger partial charge in [-0.05, 0) is 27.7 Å². The van der Waals surface area contributed by atoms with Crippen LogP contribution >= 0.6 is 0 Å². The summed E-state index contributed by atoms with van der Waals surface area (Å²) in [5.74, 6) is -3.44. The van der Waals surface area contributed by atoms with Crippen molar-refractivity contribution in [2.45, 2.75) is 68.8 Å². The number of halogens is 11. The molecule has 0 aliphatic rings. The van der Waals surface area contributed by atoms with E-state index in [0.29, 0.717) is 0 Å². The fourth-order valence-electron chi connectivity index (χ4n) is 2.03. The second-order valence-corrected chi connectivity index (χ2v) is 6.22. The molecule has 0 bridgehead atoms. The van der Waals surface area contributed by atoms with Crippen LogP contribution in [-0.2, 0) is 9.53 Å². The number of aliphatic carboxylic acids is 1. The minimum absolute atomic E-state index is 0.301. The second-order valence-electron chi connectivity index (χ2n) is 6.22. The van der Waals surface area contributed by atoms with E-state index in [2.05, 4.69) is 4.74 Å². The first-order chi connectivity index (χ1) is 10.9. The quantitative estimate of drug-likeness (QED) is 0.639. The molecule has 0 radical (unpaired) electrons. The molecule has 2 unspecified atom stereocenters. The molecule has 0 amide bonds. The van der Waals surface area contributed by atoms with E-state index in [9.17, 15) is 53.1 Å². The maximum absolute atomic E-state index is 14.1. The van der Waals surface area contributed by atoms with Gasteiger partial charge in [-0.25, -0.2) is 18.0 Å². The van der Waals surface area contributed by atoms with Crippen LogP contribution in [0.4, 0.5) is 48.3 Å². The van der Waals surface area contributed by atoms with Crippen LogP contribution in [0.15, 0.2) is 0 Å². The molecule has 0 rings (SSSR count). The average molecular weight is 414 g/mol. The molecule has 0 heterocycles.